The van der Waals surface area contributed by atoms with E-state index in [1.54, 1.807) is 34.4 Å². The van der Waals surface area contributed by atoms with Crippen molar-refractivity contribution >= 4 is 73.0 Å². The predicted molar refractivity (Wildman–Crippen MR) is 142 cm³/mol. The highest BCUT2D eigenvalue weighted by Gasteiger charge is 2.26. The van der Waals surface area contributed by atoms with E-state index in [-0.39, 0.29) is 11.7 Å². The molecule has 2 aromatic carbocycles. The van der Waals surface area contributed by atoms with E-state index < -0.39 is 0 Å². The number of aryl methyl sites for hydroxylation is 1. The zero-order chi connectivity index (χ0) is 23.4. The van der Waals surface area contributed by atoms with Crippen molar-refractivity contribution in [1.29, 1.82) is 0 Å². The summed E-state index contributed by atoms with van der Waals surface area (Å²) in [5.41, 5.74) is 2.27. The van der Waals surface area contributed by atoms with Crippen LogP contribution < -0.4 is 24.2 Å². The number of benzene rings is 2. The predicted octanol–water partition coefficient (Wildman–Crippen LogP) is 3.92. The van der Waals surface area contributed by atoms with Gasteiger partial charge in [-0.2, -0.15) is 4.57 Å². The summed E-state index contributed by atoms with van der Waals surface area (Å²) in [6, 6.07) is 14.3. The molecule has 4 heterocycles. The molecule has 174 valence electrons. The van der Waals surface area contributed by atoms with Crippen molar-refractivity contribution in [3.8, 4) is 0 Å². The molecule has 1 fully saturated rings. The summed E-state index contributed by atoms with van der Waals surface area (Å²) in [6.45, 7) is 1.35. The Kier molecular flexibility index (Phi) is 5.82. The first-order valence-corrected chi connectivity index (χ1v) is 14.0. The van der Waals surface area contributed by atoms with Gasteiger partial charge in [-0.1, -0.05) is 46.8 Å². The number of aromatic nitrogens is 2. The number of rotatable bonds is 3. The van der Waals surface area contributed by atoms with Crippen molar-refractivity contribution in [2.24, 2.45) is 7.05 Å². The fraction of sp³-hybridized carbons (Fsp3) is 0.280. The van der Waals surface area contributed by atoms with E-state index in [9.17, 15) is 4.79 Å². The van der Waals surface area contributed by atoms with Gasteiger partial charge in [-0.25, -0.2) is 0 Å². The maximum Gasteiger partial charge on any atom is 0.271 e. The molecule has 0 spiro atoms. The van der Waals surface area contributed by atoms with Crippen molar-refractivity contribution in [3.05, 3.63) is 72.0 Å². The highest BCUT2D eigenvalue weighted by molar-refractivity contribution is 8.08. The lowest BCUT2D eigenvalue weighted by Gasteiger charge is -2.12. The average Bonchev–Trinajstić information content (AvgIpc) is 3.59. The quantitative estimate of drug-likeness (QED) is 0.378. The summed E-state index contributed by atoms with van der Waals surface area (Å²) in [5, 5.41) is 2.76. The number of hydrogen-bond donors (Lipinski definition) is 0. The molecule has 2 aromatic heterocycles. The highest BCUT2D eigenvalue weighted by Crippen LogP contribution is 2.46. The van der Waals surface area contributed by atoms with E-state index in [4.69, 9.17) is 16.3 Å². The summed E-state index contributed by atoms with van der Waals surface area (Å²) >= 11 is 11.2. The standard InChI is InChI=1S/C25H23ClN3O2S3/c1-27-17-7-3-4-8-19(17)32-21(27)13-22-29(14-16-6-5-11-31-16)24(30)23(34-22)25-28(2)18-12-15(26)9-10-20(18)33-25/h3-4,7-10,12-13,16H,5-6,11,14H2,1-2H3/q+1/b25-23-. The largest absolute Gasteiger partial charge is 0.376 e. The summed E-state index contributed by atoms with van der Waals surface area (Å²) in [4.78, 5) is 17.0. The van der Waals surface area contributed by atoms with Crippen LogP contribution in [-0.2, 0) is 18.3 Å². The number of thioether (sulfide) groups is 1. The van der Waals surface area contributed by atoms with Crippen molar-refractivity contribution in [2.45, 2.75) is 30.4 Å². The van der Waals surface area contributed by atoms with Gasteiger partial charge in [-0.3, -0.25) is 9.36 Å². The van der Waals surface area contributed by atoms with Crippen LogP contribution in [0, 0.1) is 0 Å². The number of anilines is 1. The molecule has 0 saturated carbocycles. The molecule has 34 heavy (non-hydrogen) atoms. The van der Waals surface area contributed by atoms with E-state index >= 15 is 0 Å². The third-order valence-corrected chi connectivity index (χ3v) is 10.2. The van der Waals surface area contributed by atoms with Crippen LogP contribution in [0.2, 0.25) is 5.02 Å². The number of para-hydroxylation sites is 1. The van der Waals surface area contributed by atoms with E-state index in [0.29, 0.717) is 11.6 Å². The third-order valence-electron chi connectivity index (χ3n) is 6.33. The minimum atomic E-state index is 0.0452. The van der Waals surface area contributed by atoms with Gasteiger partial charge in [0.25, 0.3) is 10.6 Å². The third kappa shape index (κ3) is 3.82. The number of halogens is 1. The lowest BCUT2D eigenvalue weighted by Crippen LogP contribution is -2.37. The van der Waals surface area contributed by atoms with E-state index in [1.807, 2.05) is 29.8 Å². The van der Waals surface area contributed by atoms with Crippen molar-refractivity contribution in [2.75, 3.05) is 18.6 Å². The van der Waals surface area contributed by atoms with Crippen molar-refractivity contribution < 1.29 is 9.30 Å². The monoisotopic (exact) mass is 528 g/mol. The molecule has 2 aliphatic heterocycles. The first-order chi connectivity index (χ1) is 16.5. The topological polar surface area (TPSA) is 38.4 Å². The van der Waals surface area contributed by atoms with Gasteiger partial charge in [-0.05, 0) is 37.1 Å². The van der Waals surface area contributed by atoms with Crippen LogP contribution in [0.1, 0.15) is 17.8 Å². The lowest BCUT2D eigenvalue weighted by atomic mass is 10.2. The van der Waals surface area contributed by atoms with Crippen LogP contribution >= 0.6 is 46.0 Å². The first kappa shape index (κ1) is 22.4. The molecule has 0 bridgehead atoms. The number of hydrogen-bond acceptors (Lipinski definition) is 6. The Bertz CT molecular complexity index is 1600. The molecule has 0 amide bonds. The van der Waals surface area contributed by atoms with Crippen molar-refractivity contribution in [1.82, 2.24) is 4.57 Å². The van der Waals surface area contributed by atoms with Crippen LogP contribution in [0.25, 0.3) is 21.3 Å². The Hall–Kier alpha value is -2.10. The van der Waals surface area contributed by atoms with Gasteiger partial charge in [0, 0.05) is 29.6 Å². The lowest BCUT2D eigenvalue weighted by molar-refractivity contribution is -0.642. The van der Waals surface area contributed by atoms with Crippen molar-refractivity contribution in [3.63, 3.8) is 0 Å². The minimum Gasteiger partial charge on any atom is -0.376 e. The Balaban J connectivity index is 1.55. The van der Waals surface area contributed by atoms with Crippen LogP contribution in [0.3, 0.4) is 0 Å². The fourth-order valence-electron chi connectivity index (χ4n) is 4.51. The number of thiazole rings is 2. The molecule has 1 unspecified atom stereocenters. The van der Waals surface area contributed by atoms with Gasteiger partial charge in [0.2, 0.25) is 5.52 Å². The van der Waals surface area contributed by atoms with E-state index in [2.05, 4.69) is 46.9 Å². The highest BCUT2D eigenvalue weighted by atomic mass is 35.5. The van der Waals surface area contributed by atoms with Gasteiger partial charge >= 0.3 is 0 Å². The number of fused-ring (bicyclic) bond motifs is 2. The van der Waals surface area contributed by atoms with Gasteiger partial charge in [0.05, 0.1) is 24.4 Å². The summed E-state index contributed by atoms with van der Waals surface area (Å²) < 4.78 is 13.0. The Labute approximate surface area is 214 Å². The molecule has 1 saturated heterocycles. The maximum atomic E-state index is 13.8. The first-order valence-electron chi connectivity index (χ1n) is 11.2. The van der Waals surface area contributed by atoms with E-state index in [0.717, 1.165) is 49.3 Å². The molecule has 0 radical (unpaired) electrons. The summed E-state index contributed by atoms with van der Waals surface area (Å²) in [7, 11) is 4.08. The molecule has 9 heteroatoms. The number of ether oxygens (including phenoxy) is 1. The van der Waals surface area contributed by atoms with Crippen LogP contribution in [0.15, 0.2) is 52.2 Å². The van der Waals surface area contributed by atoms with Crippen LogP contribution in [0.4, 0.5) is 5.69 Å². The van der Waals surface area contributed by atoms with Gasteiger partial charge in [-0.15, -0.1) is 11.3 Å². The Morgan fingerprint density at radius 3 is 2.88 bits per heavy atom. The normalized spacial score (nSPS) is 20.0. The Morgan fingerprint density at radius 1 is 1.24 bits per heavy atom. The molecular formula is C25H23ClN3O2S3+. The summed E-state index contributed by atoms with van der Waals surface area (Å²) in [6.07, 6.45) is 4.27. The zero-order valence-electron chi connectivity index (χ0n) is 18.8. The second-order valence-corrected chi connectivity index (χ2v) is 12.1. The van der Waals surface area contributed by atoms with Gasteiger partial charge in [0.15, 0.2) is 0 Å². The SMILES string of the molecule is CN1/C(=c2/s/c(=C/c3sc4ccccc4[n+]3C)n(CC3CCCO3)c2=O)Sc2ccc(Cl)cc21. The zero-order valence-corrected chi connectivity index (χ0v) is 22.0. The maximum absolute atomic E-state index is 13.8. The fourth-order valence-corrected chi connectivity index (χ4v) is 8.21. The minimum absolute atomic E-state index is 0.0452. The molecule has 6 rings (SSSR count). The second-order valence-electron chi connectivity index (χ2n) is 8.51. The molecular weight excluding hydrogens is 506 g/mol. The second kappa shape index (κ2) is 8.84. The smallest absolute Gasteiger partial charge is 0.271 e. The molecule has 0 N–H and O–H groups in total. The summed E-state index contributed by atoms with van der Waals surface area (Å²) in [5.74, 6) is 0. The number of nitrogens with zero attached hydrogens (tertiary/aromatic N) is 3. The molecule has 1 atom stereocenters. The molecule has 4 aromatic rings. The van der Waals surface area contributed by atoms with E-state index in [1.165, 1.54) is 10.2 Å². The van der Waals surface area contributed by atoms with Gasteiger partial charge in [0.1, 0.15) is 26.0 Å². The van der Waals surface area contributed by atoms with Crippen LogP contribution in [0.5, 0.6) is 0 Å². The molecule has 0 aliphatic carbocycles. The molecule has 5 nitrogen and oxygen atoms in total. The van der Waals surface area contributed by atoms with Crippen LogP contribution in [-0.4, -0.2) is 24.3 Å². The molecule has 2 aliphatic rings. The van der Waals surface area contributed by atoms with Gasteiger partial charge < -0.3 is 9.64 Å². The average molecular weight is 529 g/mol. The Morgan fingerprint density at radius 2 is 2.09 bits per heavy atom.